The number of hydrogen-bond acceptors (Lipinski definition) is 1. The SMILES string of the molecule is c1ccc(-c2ccc(-c3ncc(-c4ccccc4)[nH]3)cc2)cc1. The molecule has 4 rings (SSSR count). The summed E-state index contributed by atoms with van der Waals surface area (Å²) in [4.78, 5) is 7.90. The zero-order valence-corrected chi connectivity index (χ0v) is 12.6. The van der Waals surface area contributed by atoms with Gasteiger partial charge in [0.15, 0.2) is 0 Å². The molecule has 0 unspecified atom stereocenters. The van der Waals surface area contributed by atoms with Crippen LogP contribution in [-0.2, 0) is 0 Å². The highest BCUT2D eigenvalue weighted by atomic mass is 14.9. The summed E-state index contributed by atoms with van der Waals surface area (Å²) in [5.41, 5.74) is 5.71. The Labute approximate surface area is 135 Å². The van der Waals surface area contributed by atoms with Crippen LogP contribution in [-0.4, -0.2) is 9.97 Å². The minimum atomic E-state index is 0.892. The van der Waals surface area contributed by atoms with E-state index in [-0.39, 0.29) is 0 Å². The summed E-state index contributed by atoms with van der Waals surface area (Å²) in [5.74, 6) is 0.892. The molecule has 3 aromatic carbocycles. The van der Waals surface area contributed by atoms with Gasteiger partial charge >= 0.3 is 0 Å². The highest BCUT2D eigenvalue weighted by Crippen LogP contribution is 2.25. The van der Waals surface area contributed by atoms with Crippen molar-refractivity contribution in [1.29, 1.82) is 0 Å². The monoisotopic (exact) mass is 296 g/mol. The Morgan fingerprint density at radius 2 is 1.04 bits per heavy atom. The van der Waals surface area contributed by atoms with Crippen molar-refractivity contribution in [2.24, 2.45) is 0 Å². The van der Waals surface area contributed by atoms with Gasteiger partial charge in [0.25, 0.3) is 0 Å². The van der Waals surface area contributed by atoms with Gasteiger partial charge in [0.05, 0.1) is 11.9 Å². The van der Waals surface area contributed by atoms with Crippen molar-refractivity contribution >= 4 is 0 Å². The van der Waals surface area contributed by atoms with E-state index in [0.717, 1.165) is 22.6 Å². The molecule has 1 N–H and O–H groups in total. The molecule has 2 nitrogen and oxygen atoms in total. The summed E-state index contributed by atoms with van der Waals surface area (Å²) in [6.07, 6.45) is 1.88. The summed E-state index contributed by atoms with van der Waals surface area (Å²) >= 11 is 0. The average molecular weight is 296 g/mol. The number of imidazole rings is 1. The molecule has 4 aromatic rings. The standard InChI is InChI=1S/C21H16N2/c1-3-7-16(8-4-1)17-11-13-19(14-12-17)21-22-15-20(23-21)18-9-5-2-6-10-18/h1-15H,(H,22,23). The molecule has 1 aromatic heterocycles. The Hall–Kier alpha value is -3.13. The number of benzene rings is 3. The highest BCUT2D eigenvalue weighted by molar-refractivity contribution is 5.69. The van der Waals surface area contributed by atoms with E-state index in [1.54, 1.807) is 0 Å². The van der Waals surface area contributed by atoms with Gasteiger partial charge in [-0.2, -0.15) is 0 Å². The van der Waals surface area contributed by atoms with Gasteiger partial charge < -0.3 is 4.98 Å². The average Bonchev–Trinajstić information content (AvgIpc) is 3.14. The van der Waals surface area contributed by atoms with E-state index in [1.165, 1.54) is 11.1 Å². The van der Waals surface area contributed by atoms with E-state index in [0.29, 0.717) is 0 Å². The third-order valence-electron chi connectivity index (χ3n) is 3.93. The Bertz CT molecular complexity index is 892. The zero-order valence-electron chi connectivity index (χ0n) is 12.6. The molecular formula is C21H16N2. The first-order valence-electron chi connectivity index (χ1n) is 7.66. The molecule has 2 heteroatoms. The minimum Gasteiger partial charge on any atom is -0.338 e. The Morgan fingerprint density at radius 1 is 0.522 bits per heavy atom. The van der Waals surface area contributed by atoms with E-state index in [4.69, 9.17) is 0 Å². The fraction of sp³-hybridized carbons (Fsp3) is 0. The van der Waals surface area contributed by atoms with Crippen molar-refractivity contribution in [3.63, 3.8) is 0 Å². The number of aromatic amines is 1. The Balaban J connectivity index is 1.63. The first-order chi connectivity index (χ1) is 11.4. The summed E-state index contributed by atoms with van der Waals surface area (Å²) < 4.78 is 0. The van der Waals surface area contributed by atoms with E-state index in [1.807, 2.05) is 30.5 Å². The molecule has 0 saturated carbocycles. The summed E-state index contributed by atoms with van der Waals surface area (Å²) in [6.45, 7) is 0. The minimum absolute atomic E-state index is 0.892. The van der Waals surface area contributed by atoms with Crippen LogP contribution in [0.3, 0.4) is 0 Å². The maximum atomic E-state index is 4.51. The molecule has 0 fully saturated rings. The van der Waals surface area contributed by atoms with Crippen LogP contribution in [0.25, 0.3) is 33.8 Å². The lowest BCUT2D eigenvalue weighted by molar-refractivity contribution is 1.31. The summed E-state index contributed by atoms with van der Waals surface area (Å²) in [6, 6.07) is 29.1. The van der Waals surface area contributed by atoms with Gasteiger partial charge in [0.1, 0.15) is 5.82 Å². The molecule has 0 saturated heterocycles. The van der Waals surface area contributed by atoms with Crippen LogP contribution in [0.4, 0.5) is 0 Å². The van der Waals surface area contributed by atoms with Crippen LogP contribution in [0.1, 0.15) is 0 Å². The van der Waals surface area contributed by atoms with Crippen molar-refractivity contribution in [2.75, 3.05) is 0 Å². The van der Waals surface area contributed by atoms with Gasteiger partial charge in [0, 0.05) is 5.56 Å². The normalized spacial score (nSPS) is 10.6. The second kappa shape index (κ2) is 5.93. The molecule has 1 heterocycles. The van der Waals surface area contributed by atoms with Crippen LogP contribution >= 0.6 is 0 Å². The maximum Gasteiger partial charge on any atom is 0.137 e. The second-order valence-corrected chi connectivity index (χ2v) is 5.45. The first kappa shape index (κ1) is 13.5. The largest absolute Gasteiger partial charge is 0.338 e. The van der Waals surface area contributed by atoms with Crippen LogP contribution in [0.5, 0.6) is 0 Å². The third kappa shape index (κ3) is 2.79. The molecule has 0 spiro atoms. The molecule has 0 radical (unpaired) electrons. The van der Waals surface area contributed by atoms with Crippen LogP contribution in [0, 0.1) is 0 Å². The van der Waals surface area contributed by atoms with E-state index in [9.17, 15) is 0 Å². The molecule has 0 amide bonds. The predicted molar refractivity (Wildman–Crippen MR) is 94.9 cm³/mol. The maximum absolute atomic E-state index is 4.51. The van der Waals surface area contributed by atoms with Crippen molar-refractivity contribution < 1.29 is 0 Å². The number of nitrogens with zero attached hydrogens (tertiary/aromatic N) is 1. The van der Waals surface area contributed by atoms with E-state index >= 15 is 0 Å². The third-order valence-corrected chi connectivity index (χ3v) is 3.93. The van der Waals surface area contributed by atoms with Crippen LogP contribution in [0.2, 0.25) is 0 Å². The summed E-state index contributed by atoms with van der Waals surface area (Å²) in [5, 5.41) is 0. The van der Waals surface area contributed by atoms with Crippen molar-refractivity contribution in [2.45, 2.75) is 0 Å². The molecule has 0 aliphatic heterocycles. The Kier molecular flexibility index (Phi) is 3.49. The molecular weight excluding hydrogens is 280 g/mol. The number of hydrogen-bond donors (Lipinski definition) is 1. The first-order valence-corrected chi connectivity index (χ1v) is 7.66. The lowest BCUT2D eigenvalue weighted by Crippen LogP contribution is -1.82. The zero-order chi connectivity index (χ0) is 15.5. The molecule has 0 aliphatic carbocycles. The quantitative estimate of drug-likeness (QED) is 0.538. The fourth-order valence-electron chi connectivity index (χ4n) is 2.68. The lowest BCUT2D eigenvalue weighted by Gasteiger charge is -2.03. The molecule has 0 atom stereocenters. The number of aromatic nitrogens is 2. The highest BCUT2D eigenvalue weighted by Gasteiger charge is 2.05. The van der Waals surface area contributed by atoms with E-state index in [2.05, 4.69) is 70.6 Å². The van der Waals surface area contributed by atoms with Crippen molar-refractivity contribution in [3.8, 4) is 33.8 Å². The number of H-pyrrole nitrogens is 1. The van der Waals surface area contributed by atoms with Gasteiger partial charge in [-0.3, -0.25) is 0 Å². The van der Waals surface area contributed by atoms with Gasteiger partial charge in [-0.25, -0.2) is 4.98 Å². The van der Waals surface area contributed by atoms with Gasteiger partial charge in [0.2, 0.25) is 0 Å². The van der Waals surface area contributed by atoms with Crippen molar-refractivity contribution in [1.82, 2.24) is 9.97 Å². The topological polar surface area (TPSA) is 28.7 Å². The second-order valence-electron chi connectivity index (χ2n) is 5.45. The van der Waals surface area contributed by atoms with Gasteiger partial charge in [-0.15, -0.1) is 0 Å². The molecule has 0 aliphatic rings. The molecule has 0 bridgehead atoms. The predicted octanol–water partition coefficient (Wildman–Crippen LogP) is 5.41. The van der Waals surface area contributed by atoms with Gasteiger partial charge in [-0.05, 0) is 16.7 Å². The van der Waals surface area contributed by atoms with E-state index < -0.39 is 0 Å². The Morgan fingerprint density at radius 3 is 1.70 bits per heavy atom. The van der Waals surface area contributed by atoms with Crippen LogP contribution < -0.4 is 0 Å². The number of rotatable bonds is 3. The summed E-state index contributed by atoms with van der Waals surface area (Å²) in [7, 11) is 0. The van der Waals surface area contributed by atoms with Crippen LogP contribution in [0.15, 0.2) is 91.1 Å². The molecule has 110 valence electrons. The number of nitrogens with one attached hydrogen (secondary N) is 1. The molecule has 23 heavy (non-hydrogen) atoms. The fourth-order valence-corrected chi connectivity index (χ4v) is 2.68. The van der Waals surface area contributed by atoms with Crippen molar-refractivity contribution in [3.05, 3.63) is 91.1 Å². The lowest BCUT2D eigenvalue weighted by atomic mass is 10.0. The van der Waals surface area contributed by atoms with Gasteiger partial charge in [-0.1, -0.05) is 84.9 Å². The smallest absolute Gasteiger partial charge is 0.137 e.